The van der Waals surface area contributed by atoms with E-state index in [0.717, 1.165) is 18.7 Å². The summed E-state index contributed by atoms with van der Waals surface area (Å²) in [7, 11) is 1.66. The first kappa shape index (κ1) is 13.9. The van der Waals surface area contributed by atoms with Crippen LogP contribution in [-0.4, -0.2) is 37.3 Å². The fraction of sp³-hybridized carbons (Fsp3) is 0.500. The molecule has 2 atom stereocenters. The molecule has 2 aliphatic rings. The topological polar surface area (TPSA) is 99.1 Å². The first-order valence-electron chi connectivity index (χ1n) is 7.53. The molecular formula is C14H16N6O3. The van der Waals surface area contributed by atoms with Gasteiger partial charge < -0.3 is 19.6 Å². The van der Waals surface area contributed by atoms with E-state index < -0.39 is 4.92 Å². The molecule has 1 fully saturated rings. The van der Waals surface area contributed by atoms with Gasteiger partial charge in [0.05, 0.1) is 0 Å². The molecule has 2 aliphatic heterocycles. The molecule has 23 heavy (non-hydrogen) atoms. The van der Waals surface area contributed by atoms with Crippen LogP contribution >= 0.6 is 0 Å². The molecule has 0 amide bonds. The summed E-state index contributed by atoms with van der Waals surface area (Å²) in [5.41, 5.74) is 1.08. The van der Waals surface area contributed by atoms with Crippen LogP contribution in [0.15, 0.2) is 23.0 Å². The van der Waals surface area contributed by atoms with Crippen molar-refractivity contribution in [1.29, 1.82) is 0 Å². The van der Waals surface area contributed by atoms with Crippen LogP contribution in [0, 0.1) is 16.0 Å². The molecule has 0 saturated carbocycles. The van der Waals surface area contributed by atoms with Crippen molar-refractivity contribution in [2.75, 3.05) is 18.0 Å². The number of nitro groups is 1. The molecule has 4 heterocycles. The van der Waals surface area contributed by atoms with Gasteiger partial charge in [-0.2, -0.15) is 4.68 Å². The van der Waals surface area contributed by atoms with Crippen LogP contribution in [-0.2, 0) is 13.6 Å². The quantitative estimate of drug-likeness (QED) is 0.591. The zero-order valence-corrected chi connectivity index (χ0v) is 12.6. The Bertz CT molecular complexity index is 841. The zero-order chi connectivity index (χ0) is 16.1. The first-order chi connectivity index (χ1) is 11.0. The highest BCUT2D eigenvalue weighted by molar-refractivity contribution is 5.36. The molecule has 9 heteroatoms. The third kappa shape index (κ3) is 2.19. The van der Waals surface area contributed by atoms with Gasteiger partial charge in [0.2, 0.25) is 0 Å². The van der Waals surface area contributed by atoms with Gasteiger partial charge in [-0.3, -0.25) is 4.79 Å². The van der Waals surface area contributed by atoms with Gasteiger partial charge >= 0.3 is 11.9 Å². The fourth-order valence-corrected chi connectivity index (χ4v) is 3.78. The monoisotopic (exact) mass is 316 g/mol. The maximum atomic E-state index is 12.0. The van der Waals surface area contributed by atoms with Crippen molar-refractivity contribution in [2.24, 2.45) is 13.0 Å². The van der Waals surface area contributed by atoms with Crippen LogP contribution in [0.5, 0.6) is 0 Å². The minimum Gasteiger partial charge on any atom is -0.390 e. The summed E-state index contributed by atoms with van der Waals surface area (Å²) in [5, 5.41) is 14.7. The molecule has 1 unspecified atom stereocenters. The summed E-state index contributed by atoms with van der Waals surface area (Å²) in [6.45, 7) is 2.09. The summed E-state index contributed by atoms with van der Waals surface area (Å²) in [5.74, 6) is 0.692. The summed E-state index contributed by atoms with van der Waals surface area (Å²) in [6.07, 6.45) is 1.03. The number of nitrogens with zero attached hydrogens (tertiary/aromatic N) is 6. The second-order valence-electron chi connectivity index (χ2n) is 6.20. The lowest BCUT2D eigenvalue weighted by Gasteiger charge is -2.42. The molecule has 2 aromatic rings. The van der Waals surface area contributed by atoms with Gasteiger partial charge in [-0.25, -0.2) is 0 Å². The molecule has 0 aliphatic carbocycles. The molecule has 4 rings (SSSR count). The molecule has 0 N–H and O–H groups in total. The van der Waals surface area contributed by atoms with Crippen molar-refractivity contribution in [3.63, 3.8) is 0 Å². The minimum atomic E-state index is -0.580. The van der Waals surface area contributed by atoms with Crippen molar-refractivity contribution in [3.8, 4) is 0 Å². The van der Waals surface area contributed by atoms with E-state index in [2.05, 4.69) is 10.1 Å². The molecule has 120 valence electrons. The van der Waals surface area contributed by atoms with Gasteiger partial charge in [0, 0.05) is 49.5 Å². The highest BCUT2D eigenvalue weighted by Gasteiger charge is 2.37. The summed E-state index contributed by atoms with van der Waals surface area (Å²) >= 11 is 0. The van der Waals surface area contributed by atoms with Crippen LogP contribution in [0.25, 0.3) is 0 Å². The summed E-state index contributed by atoms with van der Waals surface area (Å²) in [4.78, 5) is 28.4. The number of fused-ring (bicyclic) bond motifs is 4. The zero-order valence-electron chi connectivity index (χ0n) is 12.6. The number of hydrogen-bond donors (Lipinski definition) is 0. The van der Waals surface area contributed by atoms with Crippen LogP contribution in [0.2, 0.25) is 0 Å². The number of anilines is 1. The lowest BCUT2D eigenvalue weighted by Crippen LogP contribution is -2.47. The van der Waals surface area contributed by atoms with E-state index in [1.807, 2.05) is 15.5 Å². The van der Waals surface area contributed by atoms with E-state index in [-0.39, 0.29) is 17.4 Å². The van der Waals surface area contributed by atoms with E-state index in [1.165, 1.54) is 4.68 Å². The second-order valence-corrected chi connectivity index (χ2v) is 6.20. The summed E-state index contributed by atoms with van der Waals surface area (Å²) in [6, 6.07) is 5.37. The lowest BCUT2D eigenvalue weighted by molar-refractivity contribution is -0.394. The van der Waals surface area contributed by atoms with Crippen LogP contribution in [0.1, 0.15) is 18.0 Å². The number of hydrogen-bond acceptors (Lipinski definition) is 6. The normalized spacial score (nSPS) is 22.7. The Kier molecular flexibility index (Phi) is 2.97. The second kappa shape index (κ2) is 4.90. The molecule has 0 radical (unpaired) electrons. The van der Waals surface area contributed by atoms with E-state index in [0.29, 0.717) is 25.0 Å². The number of aryl methyl sites for hydroxylation is 1. The Hall–Kier alpha value is -2.71. The molecule has 0 aromatic carbocycles. The van der Waals surface area contributed by atoms with Crippen LogP contribution in [0.4, 0.5) is 11.9 Å². The van der Waals surface area contributed by atoms with Crippen molar-refractivity contribution in [3.05, 3.63) is 44.4 Å². The average Bonchev–Trinajstić information content (AvgIpc) is 2.90. The fourth-order valence-electron chi connectivity index (χ4n) is 3.78. The van der Waals surface area contributed by atoms with Crippen molar-refractivity contribution < 1.29 is 4.92 Å². The molecule has 9 nitrogen and oxygen atoms in total. The highest BCUT2D eigenvalue weighted by atomic mass is 16.6. The standard InChI is InChI=1S/C14H16N6O3/c1-17-14(15-13(16-17)20(22)23)18-6-9-5-10(8-18)11-3-2-4-12(21)19(11)7-9/h2-4,9-10H,5-8H2,1H3/t9?,10-/m0/s1. The van der Waals surface area contributed by atoms with Crippen LogP contribution in [0.3, 0.4) is 0 Å². The van der Waals surface area contributed by atoms with E-state index in [4.69, 9.17) is 0 Å². The molecule has 0 spiro atoms. The number of pyridine rings is 1. The molecular weight excluding hydrogens is 300 g/mol. The summed E-state index contributed by atoms with van der Waals surface area (Å²) < 4.78 is 3.31. The van der Waals surface area contributed by atoms with E-state index >= 15 is 0 Å². The van der Waals surface area contributed by atoms with E-state index in [9.17, 15) is 14.9 Å². The Morgan fingerprint density at radius 3 is 2.87 bits per heavy atom. The number of piperidine rings is 1. The maximum absolute atomic E-state index is 12.0. The SMILES string of the molecule is Cn1nc([N+](=O)[O-])nc1N1CC2C[C@@H](C1)c1cccc(=O)n1C2. The largest absolute Gasteiger partial charge is 0.493 e. The van der Waals surface area contributed by atoms with Gasteiger partial charge in [0.15, 0.2) is 0 Å². The van der Waals surface area contributed by atoms with Gasteiger partial charge in [0.1, 0.15) is 0 Å². The van der Waals surface area contributed by atoms with Gasteiger partial charge in [-0.05, 0) is 28.3 Å². The van der Waals surface area contributed by atoms with Gasteiger partial charge in [-0.15, -0.1) is 0 Å². The van der Waals surface area contributed by atoms with Crippen molar-refractivity contribution >= 4 is 11.9 Å². The Balaban J connectivity index is 1.69. The van der Waals surface area contributed by atoms with Crippen LogP contribution < -0.4 is 10.5 Å². The number of aromatic nitrogens is 4. The minimum absolute atomic E-state index is 0.0416. The lowest BCUT2D eigenvalue weighted by atomic mass is 9.83. The first-order valence-corrected chi connectivity index (χ1v) is 7.53. The van der Waals surface area contributed by atoms with E-state index in [1.54, 1.807) is 19.2 Å². The smallest absolute Gasteiger partial charge is 0.390 e. The number of rotatable bonds is 2. The van der Waals surface area contributed by atoms with Crippen molar-refractivity contribution in [1.82, 2.24) is 19.3 Å². The molecule has 1 saturated heterocycles. The predicted octanol–water partition coefficient (Wildman–Crippen LogP) is 0.509. The Morgan fingerprint density at radius 1 is 1.30 bits per heavy atom. The predicted molar refractivity (Wildman–Crippen MR) is 81.4 cm³/mol. The Morgan fingerprint density at radius 2 is 2.13 bits per heavy atom. The van der Waals surface area contributed by atoms with Gasteiger partial charge in [0.25, 0.3) is 5.56 Å². The Labute approximate surface area is 131 Å². The molecule has 2 aromatic heterocycles. The third-order valence-electron chi connectivity index (χ3n) is 4.65. The average molecular weight is 316 g/mol. The van der Waals surface area contributed by atoms with Gasteiger partial charge in [-0.1, -0.05) is 6.07 Å². The third-order valence-corrected chi connectivity index (χ3v) is 4.65. The highest BCUT2D eigenvalue weighted by Crippen LogP contribution is 2.36. The maximum Gasteiger partial charge on any atom is 0.493 e. The van der Waals surface area contributed by atoms with Crippen molar-refractivity contribution in [2.45, 2.75) is 18.9 Å². The molecule has 2 bridgehead atoms.